The van der Waals surface area contributed by atoms with Crippen molar-refractivity contribution in [1.82, 2.24) is 0 Å². The number of rotatable bonds is 4. The van der Waals surface area contributed by atoms with E-state index in [-0.39, 0.29) is 18.1 Å². The van der Waals surface area contributed by atoms with E-state index in [9.17, 15) is 4.79 Å². The SMILES string of the molecule is CCC1(N=CCOC(C)=O)C=CC=CC1. The Hall–Kier alpha value is -1.38. The molecule has 0 aromatic heterocycles. The molecule has 1 unspecified atom stereocenters. The molecule has 0 aromatic rings. The Kier molecular flexibility index (Phi) is 4.28. The zero-order valence-electron chi connectivity index (χ0n) is 9.27. The highest BCUT2D eigenvalue weighted by Gasteiger charge is 2.22. The monoisotopic (exact) mass is 207 g/mol. The summed E-state index contributed by atoms with van der Waals surface area (Å²) in [6.45, 7) is 3.76. The lowest BCUT2D eigenvalue weighted by molar-refractivity contribution is -0.139. The molecule has 0 N–H and O–H groups in total. The Morgan fingerprint density at radius 1 is 1.60 bits per heavy atom. The number of allylic oxidation sites excluding steroid dienone is 2. The molecule has 0 aromatic carbocycles. The normalized spacial score (nSPS) is 24.7. The summed E-state index contributed by atoms with van der Waals surface area (Å²) in [6, 6.07) is 0. The molecule has 0 saturated heterocycles. The van der Waals surface area contributed by atoms with Crippen molar-refractivity contribution in [2.45, 2.75) is 32.2 Å². The van der Waals surface area contributed by atoms with Crippen molar-refractivity contribution in [3.63, 3.8) is 0 Å². The largest absolute Gasteiger partial charge is 0.460 e. The van der Waals surface area contributed by atoms with Crippen LogP contribution in [0.15, 0.2) is 29.3 Å². The second-order valence-electron chi connectivity index (χ2n) is 3.56. The van der Waals surface area contributed by atoms with E-state index in [1.165, 1.54) is 6.92 Å². The summed E-state index contributed by atoms with van der Waals surface area (Å²) in [6.07, 6.45) is 11.8. The number of ether oxygens (including phenoxy) is 1. The minimum atomic E-state index is -0.272. The zero-order chi connectivity index (χ0) is 11.1. The van der Waals surface area contributed by atoms with Crippen molar-refractivity contribution < 1.29 is 9.53 Å². The lowest BCUT2D eigenvalue weighted by atomic mass is 9.89. The molecular weight excluding hydrogens is 190 g/mol. The van der Waals surface area contributed by atoms with E-state index in [4.69, 9.17) is 4.74 Å². The highest BCUT2D eigenvalue weighted by atomic mass is 16.5. The molecule has 0 amide bonds. The molecule has 0 fully saturated rings. The molecule has 0 spiro atoms. The van der Waals surface area contributed by atoms with Gasteiger partial charge in [0.2, 0.25) is 0 Å². The first kappa shape index (κ1) is 11.7. The molecule has 0 heterocycles. The van der Waals surface area contributed by atoms with Crippen molar-refractivity contribution in [2.24, 2.45) is 4.99 Å². The molecule has 3 heteroatoms. The van der Waals surface area contributed by atoms with Gasteiger partial charge in [-0.05, 0) is 12.8 Å². The third-order valence-corrected chi connectivity index (χ3v) is 2.45. The molecule has 1 aliphatic carbocycles. The highest BCUT2D eigenvalue weighted by molar-refractivity contribution is 5.70. The number of esters is 1. The van der Waals surface area contributed by atoms with Crippen molar-refractivity contribution in [3.8, 4) is 0 Å². The van der Waals surface area contributed by atoms with Crippen LogP contribution in [0.1, 0.15) is 26.7 Å². The van der Waals surface area contributed by atoms with Gasteiger partial charge in [0.05, 0.1) is 5.54 Å². The van der Waals surface area contributed by atoms with Crippen LogP contribution in [-0.4, -0.2) is 24.3 Å². The second kappa shape index (κ2) is 5.49. The standard InChI is InChI=1S/C12H17NO2/c1-3-12(7-5-4-6-8-12)13-9-10-15-11(2)14/h4-7,9H,3,8,10H2,1-2H3. The van der Waals surface area contributed by atoms with Gasteiger partial charge in [-0.1, -0.05) is 31.2 Å². The van der Waals surface area contributed by atoms with Crippen LogP contribution in [0.25, 0.3) is 0 Å². The topological polar surface area (TPSA) is 38.7 Å². The maximum atomic E-state index is 10.5. The molecule has 0 aliphatic heterocycles. The van der Waals surface area contributed by atoms with Crippen LogP contribution >= 0.6 is 0 Å². The van der Waals surface area contributed by atoms with Gasteiger partial charge < -0.3 is 4.74 Å². The minimum Gasteiger partial charge on any atom is -0.460 e. The van der Waals surface area contributed by atoms with Gasteiger partial charge in [-0.25, -0.2) is 0 Å². The van der Waals surface area contributed by atoms with Gasteiger partial charge in [0.25, 0.3) is 0 Å². The summed E-state index contributed by atoms with van der Waals surface area (Å²) < 4.78 is 4.79. The smallest absolute Gasteiger partial charge is 0.302 e. The van der Waals surface area contributed by atoms with Crippen LogP contribution in [0.5, 0.6) is 0 Å². The van der Waals surface area contributed by atoms with E-state index < -0.39 is 0 Å². The van der Waals surface area contributed by atoms with Gasteiger partial charge in [0.1, 0.15) is 6.61 Å². The number of aliphatic imine (C=N–C) groups is 1. The van der Waals surface area contributed by atoms with Gasteiger partial charge in [0.15, 0.2) is 0 Å². The van der Waals surface area contributed by atoms with Crippen molar-refractivity contribution in [2.75, 3.05) is 6.61 Å². The number of hydrogen-bond donors (Lipinski definition) is 0. The molecule has 82 valence electrons. The Morgan fingerprint density at radius 2 is 2.40 bits per heavy atom. The van der Waals surface area contributed by atoms with E-state index in [2.05, 4.69) is 24.1 Å². The molecule has 0 saturated carbocycles. The third kappa shape index (κ3) is 3.70. The molecule has 15 heavy (non-hydrogen) atoms. The van der Waals surface area contributed by atoms with E-state index in [0.29, 0.717) is 0 Å². The van der Waals surface area contributed by atoms with Crippen LogP contribution < -0.4 is 0 Å². The Bertz CT molecular complexity index is 305. The summed E-state index contributed by atoms with van der Waals surface area (Å²) in [5.41, 5.74) is -0.130. The van der Waals surface area contributed by atoms with Crippen molar-refractivity contribution in [3.05, 3.63) is 24.3 Å². The molecule has 3 nitrogen and oxygen atoms in total. The number of nitrogens with zero attached hydrogens (tertiary/aromatic N) is 1. The summed E-state index contributed by atoms with van der Waals surface area (Å²) in [5, 5.41) is 0. The lowest BCUT2D eigenvalue weighted by Crippen LogP contribution is -2.23. The van der Waals surface area contributed by atoms with E-state index in [1.807, 2.05) is 12.2 Å². The average Bonchev–Trinajstić information content (AvgIpc) is 2.26. The second-order valence-corrected chi connectivity index (χ2v) is 3.56. The zero-order valence-corrected chi connectivity index (χ0v) is 9.27. The summed E-state index contributed by atoms with van der Waals surface area (Å²) in [4.78, 5) is 15.0. The van der Waals surface area contributed by atoms with Crippen molar-refractivity contribution >= 4 is 12.2 Å². The maximum absolute atomic E-state index is 10.5. The van der Waals surface area contributed by atoms with Crippen LogP contribution in [0.2, 0.25) is 0 Å². The third-order valence-electron chi connectivity index (χ3n) is 2.45. The molecule has 0 radical (unpaired) electrons. The summed E-state index contributed by atoms with van der Waals surface area (Å²) in [7, 11) is 0. The van der Waals surface area contributed by atoms with E-state index >= 15 is 0 Å². The molecular formula is C12H17NO2. The van der Waals surface area contributed by atoms with Gasteiger partial charge in [-0.3, -0.25) is 9.79 Å². The molecule has 1 aliphatic rings. The number of carbonyl (C=O) groups is 1. The Balaban J connectivity index is 2.49. The summed E-state index contributed by atoms with van der Waals surface area (Å²) >= 11 is 0. The number of hydrogen-bond acceptors (Lipinski definition) is 3. The Morgan fingerprint density at radius 3 is 2.93 bits per heavy atom. The molecule has 1 atom stereocenters. The first-order valence-electron chi connectivity index (χ1n) is 5.20. The van der Waals surface area contributed by atoms with Crippen LogP contribution in [0.3, 0.4) is 0 Å². The Labute approximate surface area is 90.5 Å². The number of carbonyl (C=O) groups excluding carboxylic acids is 1. The first-order valence-corrected chi connectivity index (χ1v) is 5.20. The highest BCUT2D eigenvalue weighted by Crippen LogP contribution is 2.25. The van der Waals surface area contributed by atoms with Gasteiger partial charge >= 0.3 is 5.97 Å². The van der Waals surface area contributed by atoms with E-state index in [1.54, 1.807) is 6.21 Å². The average molecular weight is 207 g/mol. The van der Waals surface area contributed by atoms with Gasteiger partial charge in [-0.2, -0.15) is 0 Å². The quantitative estimate of drug-likeness (QED) is 0.524. The van der Waals surface area contributed by atoms with Crippen LogP contribution in [0, 0.1) is 0 Å². The maximum Gasteiger partial charge on any atom is 0.302 e. The summed E-state index contributed by atoms with van der Waals surface area (Å²) in [5.74, 6) is -0.272. The van der Waals surface area contributed by atoms with Gasteiger partial charge in [-0.15, -0.1) is 0 Å². The predicted molar refractivity (Wildman–Crippen MR) is 61.0 cm³/mol. The first-order chi connectivity index (χ1) is 7.18. The van der Waals surface area contributed by atoms with Crippen molar-refractivity contribution in [1.29, 1.82) is 0 Å². The molecule has 0 bridgehead atoms. The lowest BCUT2D eigenvalue weighted by Gasteiger charge is -2.25. The molecule has 1 rings (SSSR count). The fourth-order valence-electron chi connectivity index (χ4n) is 1.48. The van der Waals surface area contributed by atoms with Crippen LogP contribution in [0.4, 0.5) is 0 Å². The van der Waals surface area contributed by atoms with Crippen LogP contribution in [-0.2, 0) is 9.53 Å². The fourth-order valence-corrected chi connectivity index (χ4v) is 1.48. The van der Waals surface area contributed by atoms with Gasteiger partial charge in [0, 0.05) is 13.1 Å². The minimum absolute atomic E-state index is 0.130. The van der Waals surface area contributed by atoms with E-state index in [0.717, 1.165) is 12.8 Å². The fraction of sp³-hybridized carbons (Fsp3) is 0.500. The predicted octanol–water partition coefficient (Wildman–Crippen LogP) is 2.29.